The number of rotatable bonds is 7. The average Bonchev–Trinajstić information content (AvgIpc) is 3.40. The van der Waals surface area contributed by atoms with Gasteiger partial charge in [-0.15, -0.1) is 11.3 Å². The van der Waals surface area contributed by atoms with Crippen LogP contribution < -0.4 is 10.6 Å². The number of likely N-dealkylation sites (tertiary alicyclic amines) is 1. The molecule has 8 nitrogen and oxygen atoms in total. The molecule has 1 aliphatic heterocycles. The van der Waals surface area contributed by atoms with E-state index in [4.69, 9.17) is 0 Å². The Morgan fingerprint density at radius 2 is 1.86 bits per heavy atom. The van der Waals surface area contributed by atoms with Gasteiger partial charge in [-0.05, 0) is 24.0 Å². The zero-order valence-electron chi connectivity index (χ0n) is 21.3. The molecular formula is C26H36N4O4S. The number of thiazole rings is 1. The van der Waals surface area contributed by atoms with Gasteiger partial charge in [0.2, 0.25) is 17.7 Å². The van der Waals surface area contributed by atoms with E-state index in [2.05, 4.69) is 15.6 Å². The van der Waals surface area contributed by atoms with Gasteiger partial charge in [-0.25, -0.2) is 4.98 Å². The maximum Gasteiger partial charge on any atom is 0.246 e. The third kappa shape index (κ3) is 6.46. The first-order chi connectivity index (χ1) is 16.4. The molecule has 2 heterocycles. The number of β-amino-alcohol motifs (C(OH)–C–C–N with tert-alkyl or cyclic N) is 1. The van der Waals surface area contributed by atoms with Gasteiger partial charge in [-0.3, -0.25) is 14.4 Å². The number of aromatic nitrogens is 1. The fraction of sp³-hybridized carbons (Fsp3) is 0.538. The lowest BCUT2D eigenvalue weighted by Gasteiger charge is -2.32. The van der Waals surface area contributed by atoms with Crippen LogP contribution in [-0.2, 0) is 20.9 Å². The van der Waals surface area contributed by atoms with Crippen LogP contribution in [0.1, 0.15) is 52.3 Å². The quantitative estimate of drug-likeness (QED) is 0.541. The van der Waals surface area contributed by atoms with Crippen molar-refractivity contribution >= 4 is 29.1 Å². The Kier molecular flexibility index (Phi) is 8.33. The van der Waals surface area contributed by atoms with Crippen molar-refractivity contribution in [3.05, 3.63) is 41.0 Å². The fourth-order valence-electron chi connectivity index (χ4n) is 4.02. The van der Waals surface area contributed by atoms with Gasteiger partial charge >= 0.3 is 0 Å². The van der Waals surface area contributed by atoms with Crippen LogP contribution in [0.15, 0.2) is 29.8 Å². The Morgan fingerprint density at radius 1 is 1.20 bits per heavy atom. The Hall–Kier alpha value is -2.78. The third-order valence-corrected chi connectivity index (χ3v) is 7.17. The molecule has 3 rings (SSSR count). The van der Waals surface area contributed by atoms with E-state index in [1.807, 2.05) is 50.5 Å². The highest BCUT2D eigenvalue weighted by atomic mass is 32.1. The summed E-state index contributed by atoms with van der Waals surface area (Å²) in [5, 5.41) is 16.0. The highest BCUT2D eigenvalue weighted by Crippen LogP contribution is 2.27. The van der Waals surface area contributed by atoms with Crippen molar-refractivity contribution < 1.29 is 19.5 Å². The molecule has 3 N–H and O–H groups in total. The molecule has 2 aromatic rings. The van der Waals surface area contributed by atoms with E-state index in [1.165, 1.54) is 4.90 Å². The Morgan fingerprint density at radius 3 is 2.40 bits per heavy atom. The standard InChI is InChI=1S/C26H36N4O4S/c1-15(2)21(29-25(34)26(4,5)6)24(33)30-13-19(31)11-20(30)23(32)27-12-17-7-9-18(10-8-17)22-16(3)28-14-35-22/h7-10,14-15,19-21,31H,11-13H2,1-6H3,(H,27,32)(H,29,34). The summed E-state index contributed by atoms with van der Waals surface area (Å²) in [6.07, 6.45) is -0.623. The van der Waals surface area contributed by atoms with E-state index >= 15 is 0 Å². The molecule has 1 fully saturated rings. The van der Waals surface area contributed by atoms with Crippen LogP contribution in [0.2, 0.25) is 0 Å². The van der Waals surface area contributed by atoms with E-state index in [-0.39, 0.29) is 36.6 Å². The minimum Gasteiger partial charge on any atom is -0.391 e. The molecule has 1 aromatic heterocycles. The Labute approximate surface area is 211 Å². The maximum absolute atomic E-state index is 13.4. The number of nitrogens with one attached hydrogen (secondary N) is 2. The molecule has 0 saturated carbocycles. The summed E-state index contributed by atoms with van der Waals surface area (Å²) in [5.41, 5.74) is 4.16. The monoisotopic (exact) mass is 500 g/mol. The van der Waals surface area contributed by atoms with Gasteiger partial charge in [0.25, 0.3) is 0 Å². The van der Waals surface area contributed by atoms with Gasteiger partial charge in [0.15, 0.2) is 0 Å². The summed E-state index contributed by atoms with van der Waals surface area (Å²) >= 11 is 1.59. The number of hydrogen-bond acceptors (Lipinski definition) is 6. The normalized spacial score (nSPS) is 19.0. The Balaban J connectivity index is 1.66. The average molecular weight is 501 g/mol. The van der Waals surface area contributed by atoms with Gasteiger partial charge in [-0.1, -0.05) is 58.9 Å². The lowest BCUT2D eigenvalue weighted by molar-refractivity contribution is -0.143. The first kappa shape index (κ1) is 26.8. The molecule has 1 aromatic carbocycles. The topological polar surface area (TPSA) is 112 Å². The molecule has 0 radical (unpaired) electrons. The van der Waals surface area contributed by atoms with Crippen molar-refractivity contribution in [2.45, 2.75) is 72.7 Å². The van der Waals surface area contributed by atoms with Crippen LogP contribution in [0.25, 0.3) is 10.4 Å². The number of aliphatic hydroxyl groups excluding tert-OH is 1. The maximum atomic E-state index is 13.4. The largest absolute Gasteiger partial charge is 0.391 e. The minimum absolute atomic E-state index is 0.0639. The van der Waals surface area contributed by atoms with Crippen molar-refractivity contribution in [1.82, 2.24) is 20.5 Å². The lowest BCUT2D eigenvalue weighted by Crippen LogP contribution is -2.56. The summed E-state index contributed by atoms with van der Waals surface area (Å²) in [4.78, 5) is 45.8. The van der Waals surface area contributed by atoms with Crippen LogP contribution in [0.5, 0.6) is 0 Å². The molecule has 3 unspecified atom stereocenters. The van der Waals surface area contributed by atoms with Crippen molar-refractivity contribution in [1.29, 1.82) is 0 Å². The number of nitrogens with zero attached hydrogens (tertiary/aromatic N) is 2. The van der Waals surface area contributed by atoms with Gasteiger partial charge in [0.1, 0.15) is 12.1 Å². The van der Waals surface area contributed by atoms with Gasteiger partial charge in [0, 0.05) is 24.9 Å². The first-order valence-electron chi connectivity index (χ1n) is 11.9. The van der Waals surface area contributed by atoms with Gasteiger partial charge in [-0.2, -0.15) is 0 Å². The number of aliphatic hydroxyl groups is 1. The second-order valence-corrected chi connectivity index (χ2v) is 11.4. The second kappa shape index (κ2) is 10.9. The summed E-state index contributed by atoms with van der Waals surface area (Å²) < 4.78 is 0. The van der Waals surface area contributed by atoms with E-state index in [0.717, 1.165) is 21.7 Å². The third-order valence-electron chi connectivity index (χ3n) is 6.19. The van der Waals surface area contributed by atoms with E-state index in [1.54, 1.807) is 32.1 Å². The van der Waals surface area contributed by atoms with Crippen molar-refractivity contribution in [3.8, 4) is 10.4 Å². The van der Waals surface area contributed by atoms with Crippen molar-refractivity contribution in [2.75, 3.05) is 6.54 Å². The molecule has 9 heteroatoms. The summed E-state index contributed by atoms with van der Waals surface area (Å²) in [5.74, 6) is -1.07. The fourth-order valence-corrected chi connectivity index (χ4v) is 4.83. The summed E-state index contributed by atoms with van der Waals surface area (Å²) in [6.45, 7) is 11.4. The molecule has 0 aliphatic carbocycles. The molecule has 3 amide bonds. The molecule has 3 atom stereocenters. The van der Waals surface area contributed by atoms with Gasteiger partial charge in [0.05, 0.1) is 22.2 Å². The van der Waals surface area contributed by atoms with Crippen LogP contribution in [-0.4, -0.2) is 57.4 Å². The van der Waals surface area contributed by atoms with Crippen LogP contribution in [0, 0.1) is 18.3 Å². The van der Waals surface area contributed by atoms with Gasteiger partial charge < -0.3 is 20.6 Å². The predicted molar refractivity (Wildman–Crippen MR) is 136 cm³/mol. The summed E-state index contributed by atoms with van der Waals surface area (Å²) in [7, 11) is 0. The first-order valence-corrected chi connectivity index (χ1v) is 12.8. The van der Waals surface area contributed by atoms with Crippen LogP contribution in [0.4, 0.5) is 0 Å². The number of carbonyl (C=O) groups is 3. The van der Waals surface area contributed by atoms with E-state index in [9.17, 15) is 19.5 Å². The highest BCUT2D eigenvalue weighted by molar-refractivity contribution is 7.13. The number of benzene rings is 1. The van der Waals surface area contributed by atoms with Crippen molar-refractivity contribution in [3.63, 3.8) is 0 Å². The zero-order valence-corrected chi connectivity index (χ0v) is 22.1. The van der Waals surface area contributed by atoms with Crippen LogP contribution in [0.3, 0.4) is 0 Å². The number of carbonyl (C=O) groups excluding carboxylic acids is 3. The molecule has 190 valence electrons. The van der Waals surface area contributed by atoms with Crippen LogP contribution >= 0.6 is 11.3 Å². The molecular weight excluding hydrogens is 464 g/mol. The molecule has 1 aliphatic rings. The number of amides is 3. The smallest absolute Gasteiger partial charge is 0.246 e. The summed E-state index contributed by atoms with van der Waals surface area (Å²) in [6, 6.07) is 6.36. The molecule has 0 spiro atoms. The van der Waals surface area contributed by atoms with Crippen molar-refractivity contribution in [2.24, 2.45) is 11.3 Å². The second-order valence-electron chi connectivity index (χ2n) is 10.5. The molecule has 0 bridgehead atoms. The lowest BCUT2D eigenvalue weighted by atomic mass is 9.93. The minimum atomic E-state index is -0.789. The zero-order chi connectivity index (χ0) is 25.9. The van der Waals surface area contributed by atoms with E-state index < -0.39 is 23.6 Å². The van der Waals surface area contributed by atoms with E-state index in [0.29, 0.717) is 6.54 Å². The number of hydrogen-bond donors (Lipinski definition) is 3. The SMILES string of the molecule is Cc1ncsc1-c1ccc(CNC(=O)C2CC(O)CN2C(=O)C(NC(=O)C(C)(C)C)C(C)C)cc1. The highest BCUT2D eigenvalue weighted by Gasteiger charge is 2.42. The number of aryl methyl sites for hydroxylation is 1. The molecule has 35 heavy (non-hydrogen) atoms. The molecule has 1 saturated heterocycles. The Bertz CT molecular complexity index is 1060. The predicted octanol–water partition coefficient (Wildman–Crippen LogP) is 2.88.